The summed E-state index contributed by atoms with van der Waals surface area (Å²) in [6.45, 7) is 11.1. The summed E-state index contributed by atoms with van der Waals surface area (Å²) in [5.41, 5.74) is 5.82. The van der Waals surface area contributed by atoms with E-state index in [2.05, 4.69) is 59.0 Å². The van der Waals surface area contributed by atoms with E-state index in [0.29, 0.717) is 6.73 Å². The minimum Gasteiger partial charge on any atom is -0.360 e. The summed E-state index contributed by atoms with van der Waals surface area (Å²) in [5, 5.41) is 10.7. The van der Waals surface area contributed by atoms with Crippen LogP contribution in [-0.4, -0.2) is 45.8 Å². The van der Waals surface area contributed by atoms with E-state index < -0.39 is 8.07 Å². The topological polar surface area (TPSA) is 67.0 Å². The van der Waals surface area contributed by atoms with Gasteiger partial charge in [0.05, 0.1) is 17.4 Å². The van der Waals surface area contributed by atoms with Gasteiger partial charge in [0.15, 0.2) is 0 Å². The lowest BCUT2D eigenvalue weighted by Gasteiger charge is -2.22. The van der Waals surface area contributed by atoms with Crippen LogP contribution in [0.3, 0.4) is 0 Å². The van der Waals surface area contributed by atoms with E-state index >= 15 is 0 Å². The molecule has 7 nitrogen and oxygen atoms in total. The van der Waals surface area contributed by atoms with Gasteiger partial charge >= 0.3 is 0 Å². The highest BCUT2D eigenvalue weighted by molar-refractivity contribution is 9.10. The molecule has 0 bridgehead atoms. The van der Waals surface area contributed by atoms with E-state index in [1.54, 1.807) is 0 Å². The van der Waals surface area contributed by atoms with Crippen molar-refractivity contribution in [3.8, 4) is 22.5 Å². The Morgan fingerprint density at radius 1 is 1.19 bits per heavy atom. The second kappa shape index (κ2) is 10.6. The minimum atomic E-state index is -1.12. The summed E-state index contributed by atoms with van der Waals surface area (Å²) in [6, 6.07) is 11.5. The standard InChI is InChI=1S/C27H34BrN5O2Si/c1-19-8-7-9-24(30-19)26-22(17-32(31-26)25-10-5-6-11-35-25)20-14-21-16-29-33(27(21)23(28)15-20)18-34-12-13-36(2,3)4/h7-9,14-17,25H,5-6,10-13,18H2,1-4H3. The first-order chi connectivity index (χ1) is 17.3. The van der Waals surface area contributed by atoms with Crippen LogP contribution in [0.4, 0.5) is 0 Å². The number of rotatable bonds is 8. The molecule has 1 aromatic carbocycles. The smallest absolute Gasteiger partial charge is 0.150 e. The van der Waals surface area contributed by atoms with E-state index in [9.17, 15) is 0 Å². The third-order valence-corrected chi connectivity index (χ3v) is 8.83. The highest BCUT2D eigenvalue weighted by Crippen LogP contribution is 2.37. The highest BCUT2D eigenvalue weighted by atomic mass is 79.9. The Morgan fingerprint density at radius 2 is 2.06 bits per heavy atom. The lowest BCUT2D eigenvalue weighted by Crippen LogP contribution is -2.22. The summed E-state index contributed by atoms with van der Waals surface area (Å²) in [7, 11) is -1.12. The van der Waals surface area contributed by atoms with Gasteiger partial charge in [-0.15, -0.1) is 0 Å². The molecule has 0 amide bonds. The Morgan fingerprint density at radius 3 is 2.81 bits per heavy atom. The molecule has 0 radical (unpaired) electrons. The molecule has 1 unspecified atom stereocenters. The summed E-state index contributed by atoms with van der Waals surface area (Å²) in [4.78, 5) is 4.78. The van der Waals surface area contributed by atoms with Crippen LogP contribution in [0.5, 0.6) is 0 Å². The predicted octanol–water partition coefficient (Wildman–Crippen LogP) is 7.04. The molecule has 0 N–H and O–H groups in total. The molecular formula is C27H34BrN5O2Si. The van der Waals surface area contributed by atoms with Crippen LogP contribution < -0.4 is 0 Å². The summed E-state index contributed by atoms with van der Waals surface area (Å²) in [6.07, 6.45) is 7.19. The minimum absolute atomic E-state index is 0.0423. The molecule has 1 atom stereocenters. The highest BCUT2D eigenvalue weighted by Gasteiger charge is 2.22. The second-order valence-corrected chi connectivity index (χ2v) is 17.2. The van der Waals surface area contributed by atoms with Gasteiger partial charge in [-0.2, -0.15) is 10.2 Å². The van der Waals surface area contributed by atoms with Crippen molar-refractivity contribution in [2.75, 3.05) is 13.2 Å². The fourth-order valence-corrected chi connectivity index (χ4v) is 5.95. The lowest BCUT2D eigenvalue weighted by atomic mass is 10.0. The zero-order valence-corrected chi connectivity index (χ0v) is 24.1. The lowest BCUT2D eigenvalue weighted by molar-refractivity contribution is -0.0393. The van der Waals surface area contributed by atoms with E-state index in [0.717, 1.165) is 82.1 Å². The van der Waals surface area contributed by atoms with E-state index in [-0.39, 0.29) is 6.23 Å². The van der Waals surface area contributed by atoms with Gasteiger partial charge in [0.1, 0.15) is 18.7 Å². The maximum atomic E-state index is 6.04. The van der Waals surface area contributed by atoms with E-state index in [1.807, 2.05) is 40.7 Å². The summed E-state index contributed by atoms with van der Waals surface area (Å²) < 4.78 is 16.9. The number of fused-ring (bicyclic) bond motifs is 1. The second-order valence-electron chi connectivity index (χ2n) is 10.7. The van der Waals surface area contributed by atoms with Crippen LogP contribution in [0.15, 0.2) is 47.2 Å². The molecule has 3 aromatic heterocycles. The number of nitrogens with zero attached hydrogens (tertiary/aromatic N) is 5. The van der Waals surface area contributed by atoms with Gasteiger partial charge < -0.3 is 9.47 Å². The van der Waals surface area contributed by atoms with Crippen molar-refractivity contribution in [2.24, 2.45) is 0 Å². The largest absolute Gasteiger partial charge is 0.360 e. The molecule has 9 heteroatoms. The van der Waals surface area contributed by atoms with Crippen LogP contribution in [-0.2, 0) is 16.2 Å². The zero-order valence-electron chi connectivity index (χ0n) is 21.5. The average Bonchev–Trinajstić information content (AvgIpc) is 3.47. The van der Waals surface area contributed by atoms with Gasteiger partial charge in [0.2, 0.25) is 0 Å². The van der Waals surface area contributed by atoms with Crippen LogP contribution in [0, 0.1) is 6.92 Å². The molecule has 36 heavy (non-hydrogen) atoms. The molecule has 4 aromatic rings. The van der Waals surface area contributed by atoms with Crippen molar-refractivity contribution in [1.29, 1.82) is 0 Å². The number of hydrogen-bond donors (Lipinski definition) is 0. The SMILES string of the molecule is Cc1cccc(-c2nn(C3CCCCO3)cc2-c2cc(Br)c3c(cnn3COCC[Si](C)(C)C)c2)n1. The Hall–Kier alpha value is -2.33. The first-order valence-electron chi connectivity index (χ1n) is 12.7. The number of benzene rings is 1. The molecule has 4 heterocycles. The van der Waals surface area contributed by atoms with Gasteiger partial charge in [-0.1, -0.05) is 25.7 Å². The maximum absolute atomic E-state index is 6.04. The Labute approximate surface area is 222 Å². The third kappa shape index (κ3) is 5.64. The molecule has 1 aliphatic heterocycles. The molecule has 0 spiro atoms. The number of aryl methyl sites for hydroxylation is 1. The van der Waals surface area contributed by atoms with E-state index in [1.165, 1.54) is 0 Å². The van der Waals surface area contributed by atoms with Gasteiger partial charge in [-0.25, -0.2) is 9.36 Å². The summed E-state index contributed by atoms with van der Waals surface area (Å²) in [5.74, 6) is 0. The van der Waals surface area contributed by atoms with Crippen LogP contribution in [0.2, 0.25) is 25.7 Å². The number of aromatic nitrogens is 5. The van der Waals surface area contributed by atoms with Crippen molar-refractivity contribution in [3.63, 3.8) is 0 Å². The van der Waals surface area contributed by atoms with Crippen molar-refractivity contribution in [1.82, 2.24) is 24.5 Å². The maximum Gasteiger partial charge on any atom is 0.150 e. The molecule has 1 fully saturated rings. The molecule has 0 aliphatic carbocycles. The zero-order chi connectivity index (χ0) is 25.3. The Balaban J connectivity index is 1.50. The quantitative estimate of drug-likeness (QED) is 0.168. The molecule has 190 valence electrons. The number of ether oxygens (including phenoxy) is 2. The molecule has 5 rings (SSSR count). The fraction of sp³-hybridized carbons (Fsp3) is 0.444. The Bertz CT molecular complexity index is 1350. The van der Waals surface area contributed by atoms with E-state index in [4.69, 9.17) is 19.6 Å². The molecule has 1 saturated heterocycles. The number of pyridine rings is 1. The van der Waals surface area contributed by atoms with Gasteiger partial charge in [-0.05, 0) is 78.0 Å². The number of hydrogen-bond acceptors (Lipinski definition) is 5. The van der Waals surface area contributed by atoms with Gasteiger partial charge in [-0.3, -0.25) is 4.98 Å². The van der Waals surface area contributed by atoms with Crippen LogP contribution in [0.1, 0.15) is 31.2 Å². The summed E-state index contributed by atoms with van der Waals surface area (Å²) >= 11 is 3.81. The van der Waals surface area contributed by atoms with Crippen molar-refractivity contribution < 1.29 is 9.47 Å². The van der Waals surface area contributed by atoms with Crippen molar-refractivity contribution in [2.45, 2.75) is 64.8 Å². The molecular weight excluding hydrogens is 534 g/mol. The monoisotopic (exact) mass is 567 g/mol. The number of halogens is 1. The fourth-order valence-electron chi connectivity index (χ4n) is 4.51. The van der Waals surface area contributed by atoms with Crippen LogP contribution in [0.25, 0.3) is 33.4 Å². The van der Waals surface area contributed by atoms with Crippen LogP contribution >= 0.6 is 15.9 Å². The van der Waals surface area contributed by atoms with Gasteiger partial charge in [0, 0.05) is 48.6 Å². The van der Waals surface area contributed by atoms with Crippen molar-refractivity contribution in [3.05, 3.63) is 52.9 Å². The first-order valence-corrected chi connectivity index (χ1v) is 17.2. The average molecular weight is 569 g/mol. The van der Waals surface area contributed by atoms with Crippen molar-refractivity contribution >= 4 is 34.9 Å². The first kappa shape index (κ1) is 25.3. The molecule has 0 saturated carbocycles. The van der Waals surface area contributed by atoms with Gasteiger partial charge in [0.25, 0.3) is 0 Å². The Kier molecular flexibility index (Phi) is 7.44. The predicted molar refractivity (Wildman–Crippen MR) is 150 cm³/mol. The third-order valence-electron chi connectivity index (χ3n) is 6.52. The normalized spacial score (nSPS) is 16.6. The molecule has 1 aliphatic rings.